The molecule has 0 amide bonds. The predicted octanol–water partition coefficient (Wildman–Crippen LogP) is 2.44. The second-order valence-corrected chi connectivity index (χ2v) is 5.20. The molecule has 3 rings (SSSR count). The third-order valence-electron chi connectivity index (χ3n) is 3.68. The molecule has 1 aliphatic rings. The van der Waals surface area contributed by atoms with Crippen LogP contribution < -0.4 is 5.56 Å². The molecule has 0 fully saturated rings. The fourth-order valence-electron chi connectivity index (χ4n) is 2.45. The van der Waals surface area contributed by atoms with E-state index >= 15 is 0 Å². The lowest BCUT2D eigenvalue weighted by Crippen LogP contribution is -2.35. The maximum absolute atomic E-state index is 13.5. The zero-order valence-electron chi connectivity index (χ0n) is 11.8. The molecule has 0 unspecified atom stereocenters. The second kappa shape index (κ2) is 5.29. The molecular formula is C16H13F2N3O. The number of aryl methyl sites for hydroxylation is 1. The van der Waals surface area contributed by atoms with Crippen molar-refractivity contribution in [1.82, 2.24) is 4.57 Å². The lowest BCUT2D eigenvalue weighted by Gasteiger charge is -2.24. The van der Waals surface area contributed by atoms with Gasteiger partial charge in [0.2, 0.25) is 0 Å². The molecule has 2 aromatic rings. The van der Waals surface area contributed by atoms with Crippen molar-refractivity contribution in [1.29, 1.82) is 0 Å². The summed E-state index contributed by atoms with van der Waals surface area (Å²) in [5.41, 5.74) is -0.120. The molecule has 0 saturated carbocycles. The van der Waals surface area contributed by atoms with Crippen LogP contribution in [0.1, 0.15) is 11.1 Å². The first-order chi connectivity index (χ1) is 10.5. The first-order valence-electron chi connectivity index (χ1n) is 6.71. The van der Waals surface area contributed by atoms with Gasteiger partial charge in [0.05, 0.1) is 6.54 Å². The van der Waals surface area contributed by atoms with E-state index in [1.165, 1.54) is 23.2 Å². The molecule has 1 atom stereocenters. The molecule has 4 nitrogen and oxygen atoms in total. The fourth-order valence-corrected chi connectivity index (χ4v) is 2.45. The Morgan fingerprint density at radius 3 is 2.73 bits per heavy atom. The van der Waals surface area contributed by atoms with Crippen LogP contribution in [-0.4, -0.2) is 17.1 Å². The normalized spacial score (nSPS) is 19.8. The van der Waals surface area contributed by atoms with E-state index in [4.69, 9.17) is 0 Å². The molecule has 0 bridgehead atoms. The number of nitrogens with zero attached hydrogens (tertiary/aromatic N) is 3. The zero-order chi connectivity index (χ0) is 15.7. The van der Waals surface area contributed by atoms with E-state index < -0.39 is 17.2 Å². The van der Waals surface area contributed by atoms with E-state index in [1.807, 2.05) is 0 Å². The monoisotopic (exact) mass is 301 g/mol. The van der Waals surface area contributed by atoms with E-state index in [1.54, 1.807) is 25.3 Å². The first kappa shape index (κ1) is 14.3. The molecule has 0 radical (unpaired) electrons. The number of benzene rings is 1. The van der Waals surface area contributed by atoms with Crippen LogP contribution in [0.2, 0.25) is 0 Å². The molecule has 1 aromatic carbocycles. The minimum Gasteiger partial charge on any atom is -0.312 e. The largest absolute Gasteiger partial charge is 0.312 e. The quantitative estimate of drug-likeness (QED) is 0.859. The van der Waals surface area contributed by atoms with Gasteiger partial charge in [-0.15, -0.1) is 0 Å². The highest BCUT2D eigenvalue weighted by Gasteiger charge is 2.33. The summed E-state index contributed by atoms with van der Waals surface area (Å²) in [5, 5.41) is 0. The van der Waals surface area contributed by atoms with Gasteiger partial charge in [-0.3, -0.25) is 9.79 Å². The summed E-state index contributed by atoms with van der Waals surface area (Å²) in [7, 11) is 0. The van der Waals surface area contributed by atoms with Crippen molar-refractivity contribution in [3.63, 3.8) is 0 Å². The molecule has 22 heavy (non-hydrogen) atoms. The van der Waals surface area contributed by atoms with Crippen LogP contribution in [0.5, 0.6) is 0 Å². The van der Waals surface area contributed by atoms with Crippen LogP contribution in [-0.2, 0) is 12.1 Å². The maximum Gasteiger partial charge on any atom is 0.253 e. The summed E-state index contributed by atoms with van der Waals surface area (Å²) in [6.45, 7) is 1.88. The average molecular weight is 301 g/mol. The van der Waals surface area contributed by atoms with Crippen molar-refractivity contribution in [2.75, 3.05) is 0 Å². The van der Waals surface area contributed by atoms with Gasteiger partial charge in [-0.2, -0.15) is 0 Å². The Morgan fingerprint density at radius 1 is 1.23 bits per heavy atom. The van der Waals surface area contributed by atoms with Crippen molar-refractivity contribution in [3.8, 4) is 0 Å². The zero-order valence-corrected chi connectivity index (χ0v) is 11.8. The Morgan fingerprint density at radius 2 is 2.05 bits per heavy atom. The minimum absolute atomic E-state index is 0.153. The topological polar surface area (TPSA) is 46.7 Å². The van der Waals surface area contributed by atoms with E-state index in [2.05, 4.69) is 9.98 Å². The highest BCUT2D eigenvalue weighted by atomic mass is 19.2. The summed E-state index contributed by atoms with van der Waals surface area (Å²) in [6.07, 6.45) is 4.52. The summed E-state index contributed by atoms with van der Waals surface area (Å²) < 4.78 is 28.2. The molecular weight excluding hydrogens is 288 g/mol. The summed E-state index contributed by atoms with van der Waals surface area (Å²) in [4.78, 5) is 20.4. The Kier molecular flexibility index (Phi) is 3.44. The van der Waals surface area contributed by atoms with Gasteiger partial charge >= 0.3 is 0 Å². The Labute approximate surface area is 125 Å². The maximum atomic E-state index is 13.5. The molecule has 2 heterocycles. The van der Waals surface area contributed by atoms with Crippen LogP contribution >= 0.6 is 0 Å². The lowest BCUT2D eigenvalue weighted by atomic mass is 9.91. The van der Waals surface area contributed by atoms with Gasteiger partial charge in [0, 0.05) is 18.0 Å². The van der Waals surface area contributed by atoms with E-state index in [0.29, 0.717) is 11.1 Å². The van der Waals surface area contributed by atoms with Crippen molar-refractivity contribution < 1.29 is 8.78 Å². The van der Waals surface area contributed by atoms with Gasteiger partial charge in [-0.25, -0.2) is 13.8 Å². The highest BCUT2D eigenvalue weighted by Crippen LogP contribution is 2.29. The summed E-state index contributed by atoms with van der Waals surface area (Å²) >= 11 is 0. The summed E-state index contributed by atoms with van der Waals surface area (Å²) in [6, 6.07) is 7.06. The first-order valence-corrected chi connectivity index (χ1v) is 6.71. The van der Waals surface area contributed by atoms with Gasteiger partial charge in [-0.1, -0.05) is 12.1 Å². The molecule has 0 saturated heterocycles. The standard InChI is InChI=1S/C16H13F2N3O/c1-11-3-2-6-21(15(11)22)9-16(8-19-10-20-16)12-4-5-13(17)14(18)7-12/h2-8,10H,9H2,1H3/t16-/m0/s1. The van der Waals surface area contributed by atoms with Crippen LogP contribution in [0, 0.1) is 18.6 Å². The highest BCUT2D eigenvalue weighted by molar-refractivity contribution is 5.87. The second-order valence-electron chi connectivity index (χ2n) is 5.20. The SMILES string of the molecule is Cc1cccn(C[C@]2(c3ccc(F)c(F)c3)C=NC=N2)c1=O. The van der Waals surface area contributed by atoms with Gasteiger partial charge in [0.15, 0.2) is 11.6 Å². The molecule has 1 aliphatic heterocycles. The van der Waals surface area contributed by atoms with Crippen molar-refractivity contribution in [3.05, 3.63) is 69.6 Å². The Hall–Kier alpha value is -2.63. The molecule has 6 heteroatoms. The molecule has 0 N–H and O–H groups in total. The fraction of sp³-hybridized carbons (Fsp3) is 0.188. The van der Waals surface area contributed by atoms with Gasteiger partial charge in [0.25, 0.3) is 5.56 Å². The Balaban J connectivity index is 2.08. The van der Waals surface area contributed by atoms with Crippen molar-refractivity contribution >= 4 is 12.6 Å². The number of aliphatic imine (C=N–C) groups is 2. The van der Waals surface area contributed by atoms with Gasteiger partial charge in [0.1, 0.15) is 11.9 Å². The third-order valence-corrected chi connectivity index (χ3v) is 3.68. The van der Waals surface area contributed by atoms with Gasteiger partial charge < -0.3 is 4.57 Å². The summed E-state index contributed by atoms with van der Waals surface area (Å²) in [5.74, 6) is -1.88. The third kappa shape index (κ3) is 2.36. The number of rotatable bonds is 3. The predicted molar refractivity (Wildman–Crippen MR) is 80.5 cm³/mol. The van der Waals surface area contributed by atoms with Gasteiger partial charge in [-0.05, 0) is 30.7 Å². The molecule has 0 spiro atoms. The molecule has 112 valence electrons. The van der Waals surface area contributed by atoms with Crippen molar-refractivity contribution in [2.24, 2.45) is 9.98 Å². The molecule has 0 aliphatic carbocycles. The number of halogens is 2. The number of aromatic nitrogens is 1. The van der Waals surface area contributed by atoms with E-state index in [-0.39, 0.29) is 12.1 Å². The van der Waals surface area contributed by atoms with Crippen LogP contribution in [0.4, 0.5) is 8.78 Å². The lowest BCUT2D eigenvalue weighted by molar-refractivity contribution is 0.479. The average Bonchev–Trinajstić information content (AvgIpc) is 2.96. The minimum atomic E-state index is -1.01. The van der Waals surface area contributed by atoms with Crippen LogP contribution in [0.3, 0.4) is 0 Å². The Bertz CT molecular complexity index is 828. The van der Waals surface area contributed by atoms with Crippen LogP contribution in [0.25, 0.3) is 0 Å². The smallest absolute Gasteiger partial charge is 0.253 e. The van der Waals surface area contributed by atoms with Crippen molar-refractivity contribution in [2.45, 2.75) is 19.0 Å². The van der Waals surface area contributed by atoms with E-state index in [0.717, 1.165) is 12.1 Å². The number of pyridine rings is 1. The number of hydrogen-bond donors (Lipinski definition) is 0. The van der Waals surface area contributed by atoms with Crippen LogP contribution in [0.15, 0.2) is 51.3 Å². The van der Waals surface area contributed by atoms with E-state index in [9.17, 15) is 13.6 Å². The number of hydrogen-bond acceptors (Lipinski definition) is 3. The molecule has 1 aromatic heterocycles.